The van der Waals surface area contributed by atoms with E-state index in [-0.39, 0.29) is 5.91 Å². The van der Waals surface area contributed by atoms with Crippen LogP contribution in [0.4, 0.5) is 5.82 Å². The molecule has 9 heteroatoms. The van der Waals surface area contributed by atoms with Gasteiger partial charge in [-0.05, 0) is 6.92 Å². The molecule has 0 unspecified atom stereocenters. The second kappa shape index (κ2) is 7.16. The van der Waals surface area contributed by atoms with Gasteiger partial charge in [-0.2, -0.15) is 5.10 Å². The van der Waals surface area contributed by atoms with E-state index in [0.29, 0.717) is 12.6 Å². The molecule has 9 nitrogen and oxygen atoms in total. The minimum atomic E-state index is 0.229. The van der Waals surface area contributed by atoms with Crippen LogP contribution < -0.4 is 10.2 Å². The number of anilines is 1. The fourth-order valence-electron chi connectivity index (χ4n) is 3.76. The molecule has 1 atom stereocenters. The molecular weight excluding hydrogens is 332 g/mol. The highest BCUT2D eigenvalue weighted by molar-refractivity contribution is 5.86. The van der Waals surface area contributed by atoms with Gasteiger partial charge in [0.15, 0.2) is 5.65 Å². The number of hydrogen-bond acceptors (Lipinski definition) is 7. The van der Waals surface area contributed by atoms with Crippen molar-refractivity contribution in [3.8, 4) is 0 Å². The first kappa shape index (κ1) is 17.2. The lowest BCUT2D eigenvalue weighted by Crippen LogP contribution is -2.55. The normalized spacial score (nSPS) is 22.2. The number of hydrogen-bond donors (Lipinski definition) is 1. The molecular formula is C17H26N8O. The average molecular weight is 358 g/mol. The number of rotatable bonds is 3. The number of carbonyl (C=O) groups excluding carboxylic acids is 1. The third-order valence-corrected chi connectivity index (χ3v) is 5.42. The first-order chi connectivity index (χ1) is 12.6. The molecule has 140 valence electrons. The largest absolute Gasteiger partial charge is 0.352 e. The van der Waals surface area contributed by atoms with Gasteiger partial charge in [0.05, 0.1) is 18.1 Å². The summed E-state index contributed by atoms with van der Waals surface area (Å²) in [5, 5.41) is 8.61. The summed E-state index contributed by atoms with van der Waals surface area (Å²) in [7, 11) is 1.88. The molecule has 0 spiro atoms. The summed E-state index contributed by atoms with van der Waals surface area (Å²) in [5.41, 5.74) is 0.834. The first-order valence-electron chi connectivity index (χ1n) is 9.23. The van der Waals surface area contributed by atoms with Crippen molar-refractivity contribution in [3.05, 3.63) is 12.5 Å². The Balaban J connectivity index is 1.38. The standard InChI is InChI=1S/C17H26N8O/c1-13-9-18-3-4-25(13)11-15(26)23-5-7-24(8-6-23)17-14-10-21-22(2)16(14)19-12-20-17/h10,12-13,18H,3-9,11H2,1-2H3/t13-/m1/s1. The number of amides is 1. The van der Waals surface area contributed by atoms with Crippen molar-refractivity contribution in [1.29, 1.82) is 0 Å². The maximum absolute atomic E-state index is 12.7. The maximum atomic E-state index is 12.7. The predicted octanol–water partition coefficient (Wildman–Crippen LogP) is -0.694. The molecule has 2 saturated heterocycles. The van der Waals surface area contributed by atoms with Crippen LogP contribution in [0.1, 0.15) is 6.92 Å². The number of nitrogens with zero attached hydrogens (tertiary/aromatic N) is 7. The van der Waals surface area contributed by atoms with Crippen molar-refractivity contribution in [2.45, 2.75) is 13.0 Å². The third-order valence-electron chi connectivity index (χ3n) is 5.42. The van der Waals surface area contributed by atoms with Gasteiger partial charge in [-0.25, -0.2) is 9.97 Å². The van der Waals surface area contributed by atoms with Gasteiger partial charge in [-0.1, -0.05) is 0 Å². The Labute approximate surface area is 153 Å². The van der Waals surface area contributed by atoms with Crippen LogP contribution in [0, 0.1) is 0 Å². The topological polar surface area (TPSA) is 82.4 Å². The van der Waals surface area contributed by atoms with E-state index in [1.54, 1.807) is 11.0 Å². The molecule has 0 radical (unpaired) electrons. The quantitative estimate of drug-likeness (QED) is 0.777. The molecule has 0 aliphatic carbocycles. The molecule has 2 aliphatic rings. The van der Waals surface area contributed by atoms with Crippen LogP contribution in [-0.2, 0) is 11.8 Å². The SMILES string of the molecule is C[C@@H]1CNCCN1CC(=O)N1CCN(c2ncnc3c2cnn3C)CC1. The number of aromatic nitrogens is 4. The molecule has 4 rings (SSSR count). The molecule has 2 aliphatic heterocycles. The number of piperazine rings is 2. The summed E-state index contributed by atoms with van der Waals surface area (Å²) in [6.07, 6.45) is 3.40. The highest BCUT2D eigenvalue weighted by Crippen LogP contribution is 2.23. The zero-order chi connectivity index (χ0) is 18.1. The van der Waals surface area contributed by atoms with E-state index < -0.39 is 0 Å². The van der Waals surface area contributed by atoms with Gasteiger partial charge < -0.3 is 15.1 Å². The van der Waals surface area contributed by atoms with E-state index in [0.717, 1.165) is 62.7 Å². The van der Waals surface area contributed by atoms with Crippen molar-refractivity contribution >= 4 is 22.8 Å². The lowest BCUT2D eigenvalue weighted by Gasteiger charge is -2.38. The van der Waals surface area contributed by atoms with Crippen LogP contribution >= 0.6 is 0 Å². The van der Waals surface area contributed by atoms with Crippen molar-refractivity contribution < 1.29 is 4.79 Å². The minimum Gasteiger partial charge on any atom is -0.352 e. The van der Waals surface area contributed by atoms with Crippen LogP contribution in [0.3, 0.4) is 0 Å². The zero-order valence-corrected chi connectivity index (χ0v) is 15.4. The van der Waals surface area contributed by atoms with Crippen LogP contribution in [-0.4, -0.2) is 93.9 Å². The lowest BCUT2D eigenvalue weighted by molar-refractivity contribution is -0.133. The van der Waals surface area contributed by atoms with Gasteiger partial charge >= 0.3 is 0 Å². The third kappa shape index (κ3) is 3.24. The summed E-state index contributed by atoms with van der Waals surface area (Å²) in [6, 6.07) is 0.411. The van der Waals surface area contributed by atoms with Gasteiger partial charge in [0, 0.05) is 58.9 Å². The van der Waals surface area contributed by atoms with Crippen molar-refractivity contribution in [2.24, 2.45) is 7.05 Å². The Morgan fingerprint density at radius 1 is 1.23 bits per heavy atom. The zero-order valence-electron chi connectivity index (χ0n) is 15.4. The number of fused-ring (bicyclic) bond motifs is 1. The smallest absolute Gasteiger partial charge is 0.236 e. The van der Waals surface area contributed by atoms with E-state index in [1.165, 1.54) is 0 Å². The van der Waals surface area contributed by atoms with Crippen LogP contribution in [0.15, 0.2) is 12.5 Å². The molecule has 0 aromatic carbocycles. The van der Waals surface area contributed by atoms with Gasteiger partial charge in [0.25, 0.3) is 0 Å². The molecule has 26 heavy (non-hydrogen) atoms. The molecule has 0 bridgehead atoms. The van der Waals surface area contributed by atoms with E-state index in [4.69, 9.17) is 0 Å². The Kier molecular flexibility index (Phi) is 4.73. The highest BCUT2D eigenvalue weighted by atomic mass is 16.2. The van der Waals surface area contributed by atoms with E-state index in [1.807, 2.05) is 18.1 Å². The van der Waals surface area contributed by atoms with Crippen molar-refractivity contribution in [1.82, 2.24) is 34.9 Å². The predicted molar refractivity (Wildman–Crippen MR) is 99.0 cm³/mol. The molecule has 0 saturated carbocycles. The Bertz CT molecular complexity index is 782. The molecule has 2 fully saturated rings. The van der Waals surface area contributed by atoms with Gasteiger partial charge in [-0.15, -0.1) is 0 Å². The molecule has 1 amide bonds. The Morgan fingerprint density at radius 2 is 2.04 bits per heavy atom. The summed E-state index contributed by atoms with van der Waals surface area (Å²) in [5.74, 6) is 1.14. The van der Waals surface area contributed by atoms with E-state index in [9.17, 15) is 4.79 Å². The van der Waals surface area contributed by atoms with Gasteiger partial charge in [0.1, 0.15) is 12.1 Å². The lowest BCUT2D eigenvalue weighted by atomic mass is 10.2. The van der Waals surface area contributed by atoms with E-state index in [2.05, 4.69) is 37.1 Å². The Morgan fingerprint density at radius 3 is 2.81 bits per heavy atom. The van der Waals surface area contributed by atoms with Crippen LogP contribution in [0.2, 0.25) is 0 Å². The fourth-order valence-corrected chi connectivity index (χ4v) is 3.76. The molecule has 1 N–H and O–H groups in total. The van der Waals surface area contributed by atoms with Crippen LogP contribution in [0.25, 0.3) is 11.0 Å². The van der Waals surface area contributed by atoms with Gasteiger partial charge in [0.2, 0.25) is 5.91 Å². The van der Waals surface area contributed by atoms with Gasteiger partial charge in [-0.3, -0.25) is 14.4 Å². The van der Waals surface area contributed by atoms with Crippen molar-refractivity contribution in [2.75, 3.05) is 57.3 Å². The summed E-state index contributed by atoms with van der Waals surface area (Å²) in [4.78, 5) is 27.9. The highest BCUT2D eigenvalue weighted by Gasteiger charge is 2.27. The number of carbonyl (C=O) groups is 1. The number of nitrogens with one attached hydrogen (secondary N) is 1. The monoisotopic (exact) mass is 358 g/mol. The number of aryl methyl sites for hydroxylation is 1. The minimum absolute atomic E-state index is 0.229. The maximum Gasteiger partial charge on any atom is 0.236 e. The molecule has 4 heterocycles. The first-order valence-corrected chi connectivity index (χ1v) is 9.23. The summed E-state index contributed by atoms with van der Waals surface area (Å²) < 4.78 is 1.76. The molecule has 2 aromatic rings. The average Bonchev–Trinajstić information content (AvgIpc) is 3.05. The summed E-state index contributed by atoms with van der Waals surface area (Å²) in [6.45, 7) is 8.56. The molecule has 2 aromatic heterocycles. The Hall–Kier alpha value is -2.26. The second-order valence-corrected chi connectivity index (χ2v) is 7.09. The van der Waals surface area contributed by atoms with Crippen molar-refractivity contribution in [3.63, 3.8) is 0 Å². The van der Waals surface area contributed by atoms with Crippen LogP contribution in [0.5, 0.6) is 0 Å². The van der Waals surface area contributed by atoms with E-state index >= 15 is 0 Å². The second-order valence-electron chi connectivity index (χ2n) is 7.09. The summed E-state index contributed by atoms with van der Waals surface area (Å²) >= 11 is 0. The fraction of sp³-hybridized carbons (Fsp3) is 0.647.